The fraction of sp³-hybridized carbons (Fsp3) is 0.900. The minimum Gasteiger partial charge on any atom is -0.393 e. The molecule has 1 amide bonds. The summed E-state index contributed by atoms with van der Waals surface area (Å²) in [5, 5.41) is 11.7. The summed E-state index contributed by atoms with van der Waals surface area (Å²) in [5.74, 6) is -1.61. The van der Waals surface area contributed by atoms with Gasteiger partial charge >= 0.3 is 0 Å². The first-order valence-corrected chi connectivity index (χ1v) is 7.50. The van der Waals surface area contributed by atoms with E-state index in [9.17, 15) is 18.3 Å². The van der Waals surface area contributed by atoms with Crippen molar-refractivity contribution in [2.24, 2.45) is 0 Å². The van der Waals surface area contributed by atoms with Crippen LogP contribution >= 0.6 is 0 Å². The van der Waals surface area contributed by atoms with Gasteiger partial charge in [0.15, 0.2) is 6.29 Å². The van der Waals surface area contributed by atoms with Gasteiger partial charge in [0, 0.05) is 12.8 Å². The van der Waals surface area contributed by atoms with Gasteiger partial charge in [-0.15, -0.1) is 0 Å². The molecule has 0 bridgehead atoms. The third kappa shape index (κ3) is 6.30. The Morgan fingerprint density at radius 1 is 1.47 bits per heavy atom. The van der Waals surface area contributed by atoms with E-state index in [1.54, 1.807) is 13.8 Å². The zero-order valence-corrected chi connectivity index (χ0v) is 11.6. The van der Waals surface area contributed by atoms with E-state index in [-0.39, 0.29) is 18.9 Å². The van der Waals surface area contributed by atoms with E-state index >= 15 is 0 Å². The average molecular weight is 297 g/mol. The van der Waals surface area contributed by atoms with Gasteiger partial charge in [-0.05, 0) is 13.8 Å². The van der Waals surface area contributed by atoms with Crippen LogP contribution in [-0.4, -0.2) is 54.5 Å². The highest BCUT2D eigenvalue weighted by Crippen LogP contribution is 2.21. The molecule has 19 heavy (non-hydrogen) atoms. The van der Waals surface area contributed by atoms with Gasteiger partial charge in [-0.2, -0.15) is 8.42 Å². The highest BCUT2D eigenvalue weighted by atomic mass is 32.2. The molecular weight excluding hydrogens is 278 g/mol. The maximum Gasteiger partial charge on any atom is 0.283 e. The second-order valence-electron chi connectivity index (χ2n) is 4.63. The average Bonchev–Trinajstić information content (AvgIpc) is 2.23. The molecule has 0 radical (unpaired) electrons. The van der Waals surface area contributed by atoms with Crippen molar-refractivity contribution in [2.75, 3.05) is 5.88 Å². The normalized spacial score (nSPS) is 28.4. The van der Waals surface area contributed by atoms with Crippen LogP contribution in [0.4, 0.5) is 0 Å². The Balaban J connectivity index is 2.54. The number of hydrogen-bond acceptors (Lipinski definition) is 6. The molecule has 0 saturated carbocycles. The summed E-state index contributed by atoms with van der Waals surface area (Å²) in [5.41, 5.74) is 0. The number of hydrogen-bond donors (Lipinski definition) is 3. The Bertz CT molecular complexity index is 406. The smallest absolute Gasteiger partial charge is 0.283 e. The second kappa shape index (κ2) is 6.62. The molecule has 1 rings (SSSR count). The number of rotatable bonds is 5. The summed E-state index contributed by atoms with van der Waals surface area (Å²) >= 11 is 0. The molecule has 3 atom stereocenters. The molecule has 1 saturated heterocycles. The first-order valence-electron chi connectivity index (χ1n) is 5.89. The zero-order valence-electron chi connectivity index (χ0n) is 10.8. The van der Waals surface area contributed by atoms with Crippen molar-refractivity contribution < 1.29 is 32.3 Å². The maximum atomic E-state index is 11.6. The first-order chi connectivity index (χ1) is 8.67. The molecule has 3 N–H and O–H groups in total. The van der Waals surface area contributed by atoms with Crippen molar-refractivity contribution in [3.05, 3.63) is 0 Å². The van der Waals surface area contributed by atoms with Crippen LogP contribution < -0.4 is 5.32 Å². The van der Waals surface area contributed by atoms with E-state index in [0.29, 0.717) is 0 Å². The van der Waals surface area contributed by atoms with Crippen molar-refractivity contribution in [3.8, 4) is 0 Å². The molecule has 3 unspecified atom stereocenters. The van der Waals surface area contributed by atoms with Gasteiger partial charge in [-0.3, -0.25) is 9.35 Å². The molecule has 8 nitrogen and oxygen atoms in total. The van der Waals surface area contributed by atoms with Crippen molar-refractivity contribution in [2.45, 2.75) is 51.3 Å². The molecule has 0 aliphatic carbocycles. The van der Waals surface area contributed by atoms with Crippen LogP contribution in [0.15, 0.2) is 0 Å². The number of carbonyl (C=O) groups is 1. The second-order valence-corrected chi connectivity index (χ2v) is 6.08. The number of carbonyl (C=O) groups excluding carboxylic acids is 1. The quantitative estimate of drug-likeness (QED) is 0.570. The van der Waals surface area contributed by atoms with Gasteiger partial charge in [0.2, 0.25) is 5.91 Å². The third-order valence-corrected chi connectivity index (χ3v) is 2.92. The summed E-state index contributed by atoms with van der Waals surface area (Å²) in [7, 11) is -4.29. The summed E-state index contributed by atoms with van der Waals surface area (Å²) in [6, 6.07) is 0. The Hall–Kier alpha value is -0.740. The fourth-order valence-corrected chi connectivity index (χ4v) is 2.02. The first kappa shape index (κ1) is 16.3. The van der Waals surface area contributed by atoms with E-state index in [0.717, 1.165) is 0 Å². The van der Waals surface area contributed by atoms with Crippen LogP contribution in [-0.2, 0) is 24.4 Å². The molecule has 112 valence electrons. The lowest BCUT2D eigenvalue weighted by Crippen LogP contribution is -2.47. The molecule has 1 aliphatic rings. The predicted octanol–water partition coefficient (Wildman–Crippen LogP) is -0.761. The lowest BCUT2D eigenvalue weighted by Gasteiger charge is -2.33. The van der Waals surface area contributed by atoms with Gasteiger partial charge in [0.1, 0.15) is 12.0 Å². The molecule has 0 spiro atoms. The lowest BCUT2D eigenvalue weighted by atomic mass is 10.0. The van der Waals surface area contributed by atoms with Crippen LogP contribution in [0.3, 0.4) is 0 Å². The fourth-order valence-electron chi connectivity index (χ4n) is 1.70. The summed E-state index contributed by atoms with van der Waals surface area (Å²) < 4.78 is 40.2. The van der Waals surface area contributed by atoms with E-state index in [2.05, 4.69) is 0 Å². The Morgan fingerprint density at radius 2 is 2.11 bits per heavy atom. The van der Waals surface area contributed by atoms with Gasteiger partial charge in [0.25, 0.3) is 10.1 Å². The Morgan fingerprint density at radius 3 is 2.63 bits per heavy atom. The molecule has 1 aliphatic heterocycles. The number of ether oxygens (including phenoxy) is 2. The van der Waals surface area contributed by atoms with Crippen LogP contribution in [0.1, 0.15) is 26.7 Å². The highest BCUT2D eigenvalue weighted by molar-refractivity contribution is 7.85. The highest BCUT2D eigenvalue weighted by Gasteiger charge is 2.34. The van der Waals surface area contributed by atoms with Crippen LogP contribution in [0, 0.1) is 0 Å². The van der Waals surface area contributed by atoms with Crippen LogP contribution in [0.2, 0.25) is 0 Å². The molecular formula is C10H19NO7S. The summed E-state index contributed by atoms with van der Waals surface area (Å²) in [6.45, 7) is 3.58. The van der Waals surface area contributed by atoms with Crippen LogP contribution in [0.25, 0.3) is 0 Å². The van der Waals surface area contributed by atoms with Gasteiger partial charge < -0.3 is 19.9 Å². The van der Waals surface area contributed by atoms with Crippen molar-refractivity contribution in [3.63, 3.8) is 0 Å². The maximum absolute atomic E-state index is 11.6. The minimum atomic E-state index is -4.29. The molecule has 0 aromatic carbocycles. The molecule has 0 aromatic rings. The molecule has 0 aromatic heterocycles. The van der Waals surface area contributed by atoms with E-state index < -0.39 is 40.4 Å². The van der Waals surface area contributed by atoms with E-state index in [1.165, 1.54) is 0 Å². The number of aliphatic hydroxyl groups is 1. The topological polar surface area (TPSA) is 122 Å². The summed E-state index contributed by atoms with van der Waals surface area (Å²) in [6.07, 6.45) is -2.31. The minimum absolute atomic E-state index is 0.0509. The largest absolute Gasteiger partial charge is 0.393 e. The standard InChI is InChI=1S/C10H19NO7S/c1-6(2)17-9-4-7(12)3-8(18-9)10(13)11-5-19(14,15)16/h6-9,12H,3-5H2,1-2H3,(H,11,13)(H,14,15,16). The summed E-state index contributed by atoms with van der Waals surface area (Å²) in [4.78, 5) is 11.6. The van der Waals surface area contributed by atoms with Gasteiger partial charge in [0.05, 0.1) is 12.2 Å². The lowest BCUT2D eigenvalue weighted by molar-refractivity contribution is -0.226. The zero-order chi connectivity index (χ0) is 14.6. The molecule has 9 heteroatoms. The Labute approximate surface area is 111 Å². The van der Waals surface area contributed by atoms with E-state index in [4.69, 9.17) is 14.0 Å². The van der Waals surface area contributed by atoms with Gasteiger partial charge in [-0.1, -0.05) is 0 Å². The number of amides is 1. The van der Waals surface area contributed by atoms with Crippen molar-refractivity contribution in [1.82, 2.24) is 5.32 Å². The predicted molar refractivity (Wildman–Crippen MR) is 64.7 cm³/mol. The van der Waals surface area contributed by atoms with E-state index in [1.807, 2.05) is 5.32 Å². The third-order valence-electron chi connectivity index (χ3n) is 2.41. The van der Waals surface area contributed by atoms with Crippen molar-refractivity contribution in [1.29, 1.82) is 0 Å². The number of aliphatic hydroxyl groups excluding tert-OH is 1. The number of nitrogens with one attached hydrogen (secondary N) is 1. The molecule has 1 heterocycles. The molecule has 1 fully saturated rings. The van der Waals surface area contributed by atoms with Crippen molar-refractivity contribution >= 4 is 16.0 Å². The van der Waals surface area contributed by atoms with Crippen LogP contribution in [0.5, 0.6) is 0 Å². The van der Waals surface area contributed by atoms with Gasteiger partial charge in [-0.25, -0.2) is 0 Å². The monoisotopic (exact) mass is 297 g/mol. The Kier molecular flexibility index (Phi) is 5.68. The SMILES string of the molecule is CC(C)OC1CC(O)CC(C(=O)NCS(=O)(=O)O)O1.